The number of hydrogen-bond donors (Lipinski definition) is 1. The third kappa shape index (κ3) is 2.89. The van der Waals surface area contributed by atoms with Crippen molar-refractivity contribution in [3.05, 3.63) is 0 Å². The Bertz CT molecular complexity index is 339. The molecule has 2 rings (SSSR count). The molecule has 2 fully saturated rings. The van der Waals surface area contributed by atoms with Gasteiger partial charge in [-0.2, -0.15) is 11.8 Å². The third-order valence-corrected chi connectivity index (χ3v) is 4.19. The van der Waals surface area contributed by atoms with Crippen LogP contribution in [-0.4, -0.2) is 76.8 Å². The smallest absolute Gasteiger partial charge is 0.327 e. The van der Waals surface area contributed by atoms with Crippen molar-refractivity contribution in [2.45, 2.75) is 19.1 Å². The number of urea groups is 1. The fraction of sp³-hybridized carbons (Fsp3) is 0.818. The topological polar surface area (TPSA) is 70.1 Å². The van der Waals surface area contributed by atoms with Crippen LogP contribution in [0.2, 0.25) is 0 Å². The van der Waals surface area contributed by atoms with Crippen molar-refractivity contribution in [2.24, 2.45) is 0 Å². The van der Waals surface area contributed by atoms with Gasteiger partial charge in [0.25, 0.3) is 0 Å². The molecule has 18 heavy (non-hydrogen) atoms. The maximum absolute atomic E-state index is 12.3. The average Bonchev–Trinajstić information content (AvgIpc) is 2.38. The Morgan fingerprint density at radius 1 is 1.39 bits per heavy atom. The summed E-state index contributed by atoms with van der Waals surface area (Å²) in [6.45, 7) is 4.02. The molecule has 102 valence electrons. The van der Waals surface area contributed by atoms with Crippen LogP contribution in [0.5, 0.6) is 0 Å². The number of aliphatic carboxylic acids is 1. The van der Waals surface area contributed by atoms with Gasteiger partial charge in [0.1, 0.15) is 6.04 Å². The van der Waals surface area contributed by atoms with E-state index < -0.39 is 12.0 Å². The van der Waals surface area contributed by atoms with Crippen LogP contribution in [0.25, 0.3) is 0 Å². The summed E-state index contributed by atoms with van der Waals surface area (Å²) in [4.78, 5) is 26.7. The summed E-state index contributed by atoms with van der Waals surface area (Å²) in [5, 5.41) is 9.16. The van der Waals surface area contributed by atoms with E-state index in [1.165, 1.54) is 4.90 Å². The molecule has 0 saturated carbocycles. The van der Waals surface area contributed by atoms with E-state index in [9.17, 15) is 9.59 Å². The van der Waals surface area contributed by atoms with Crippen molar-refractivity contribution in [3.63, 3.8) is 0 Å². The quantitative estimate of drug-likeness (QED) is 0.746. The molecule has 0 bridgehead atoms. The predicted octanol–water partition coefficient (Wildman–Crippen LogP) is 0.329. The largest absolute Gasteiger partial charge is 0.480 e. The molecule has 0 radical (unpaired) electrons. The first-order valence-corrected chi connectivity index (χ1v) is 7.22. The minimum atomic E-state index is -0.920. The Labute approximate surface area is 110 Å². The Morgan fingerprint density at radius 3 is 2.83 bits per heavy atom. The molecule has 0 spiro atoms. The number of carboxylic acids is 1. The van der Waals surface area contributed by atoms with Gasteiger partial charge in [-0.25, -0.2) is 9.59 Å². The highest BCUT2D eigenvalue weighted by Crippen LogP contribution is 2.19. The molecule has 0 aliphatic carbocycles. The minimum absolute atomic E-state index is 0.0187. The number of ether oxygens (including phenoxy) is 1. The Morgan fingerprint density at radius 2 is 2.17 bits per heavy atom. The van der Waals surface area contributed by atoms with Crippen LogP contribution in [0.1, 0.15) is 6.92 Å². The zero-order chi connectivity index (χ0) is 13.1. The van der Waals surface area contributed by atoms with Crippen LogP contribution in [0.4, 0.5) is 4.79 Å². The second kappa shape index (κ2) is 5.79. The lowest BCUT2D eigenvalue weighted by molar-refractivity contribution is -0.141. The lowest BCUT2D eigenvalue weighted by Crippen LogP contribution is -2.57. The van der Waals surface area contributed by atoms with Crippen LogP contribution in [0, 0.1) is 0 Å². The zero-order valence-corrected chi connectivity index (χ0v) is 11.2. The number of carboxylic acid groups (broad SMARTS) is 1. The highest BCUT2D eigenvalue weighted by atomic mass is 32.2. The van der Waals surface area contributed by atoms with E-state index in [1.54, 1.807) is 16.7 Å². The van der Waals surface area contributed by atoms with Crippen LogP contribution in [0.15, 0.2) is 0 Å². The van der Waals surface area contributed by atoms with E-state index >= 15 is 0 Å². The summed E-state index contributed by atoms with van der Waals surface area (Å²) in [5.74, 6) is 0.355. The molecule has 6 nitrogen and oxygen atoms in total. The predicted molar refractivity (Wildman–Crippen MR) is 67.8 cm³/mol. The van der Waals surface area contributed by atoms with Gasteiger partial charge in [0.05, 0.1) is 12.7 Å². The van der Waals surface area contributed by atoms with Crippen molar-refractivity contribution >= 4 is 23.8 Å². The van der Waals surface area contributed by atoms with Gasteiger partial charge in [0.2, 0.25) is 0 Å². The Kier molecular flexibility index (Phi) is 4.34. The molecule has 2 amide bonds. The fourth-order valence-corrected chi connectivity index (χ4v) is 3.25. The van der Waals surface area contributed by atoms with E-state index in [1.807, 2.05) is 6.92 Å². The molecule has 0 aromatic carbocycles. The first-order valence-electron chi connectivity index (χ1n) is 6.07. The number of nitrogens with zero attached hydrogens (tertiary/aromatic N) is 2. The zero-order valence-electron chi connectivity index (χ0n) is 10.4. The van der Waals surface area contributed by atoms with Gasteiger partial charge < -0.3 is 19.6 Å². The second-order valence-electron chi connectivity index (χ2n) is 4.53. The summed E-state index contributed by atoms with van der Waals surface area (Å²) in [6.07, 6.45) is 0.0187. The number of amides is 2. The van der Waals surface area contributed by atoms with E-state index in [4.69, 9.17) is 9.84 Å². The van der Waals surface area contributed by atoms with Crippen molar-refractivity contribution in [1.82, 2.24) is 9.80 Å². The molecular weight excluding hydrogens is 256 g/mol. The normalized spacial score (nSPS) is 29.2. The average molecular weight is 274 g/mol. The first kappa shape index (κ1) is 13.5. The molecule has 0 aromatic rings. The summed E-state index contributed by atoms with van der Waals surface area (Å²) in [7, 11) is 0. The van der Waals surface area contributed by atoms with E-state index in [0.717, 1.165) is 5.75 Å². The highest BCUT2D eigenvalue weighted by molar-refractivity contribution is 7.99. The molecule has 2 heterocycles. The minimum Gasteiger partial charge on any atom is -0.480 e. The van der Waals surface area contributed by atoms with E-state index in [2.05, 4.69) is 0 Å². The Balaban J connectivity index is 2.03. The lowest BCUT2D eigenvalue weighted by Gasteiger charge is -2.39. The number of rotatable bonds is 1. The monoisotopic (exact) mass is 274 g/mol. The summed E-state index contributed by atoms with van der Waals surface area (Å²) < 4.78 is 5.39. The SMILES string of the molecule is CC1CN(C(=O)N2CCSCC2C(=O)O)CCO1. The van der Waals surface area contributed by atoms with Gasteiger partial charge in [-0.3, -0.25) is 0 Å². The Hall–Kier alpha value is -0.950. The summed E-state index contributed by atoms with van der Waals surface area (Å²) in [6, 6.07) is -0.868. The van der Waals surface area contributed by atoms with Crippen molar-refractivity contribution in [1.29, 1.82) is 0 Å². The standard InChI is InChI=1S/C11H18N2O4S/c1-8-6-12(2-4-17-8)11(16)13-3-5-18-7-9(13)10(14)15/h8-9H,2-7H2,1H3,(H,14,15). The molecule has 0 aromatic heterocycles. The molecule has 2 atom stereocenters. The highest BCUT2D eigenvalue weighted by Gasteiger charge is 2.35. The van der Waals surface area contributed by atoms with Crippen molar-refractivity contribution in [2.75, 3.05) is 37.7 Å². The molecule has 1 N–H and O–H groups in total. The molecular formula is C11H18N2O4S. The molecule has 2 aliphatic rings. The fourth-order valence-electron chi connectivity index (χ4n) is 2.21. The van der Waals surface area contributed by atoms with Crippen LogP contribution in [0.3, 0.4) is 0 Å². The van der Waals surface area contributed by atoms with Crippen LogP contribution in [-0.2, 0) is 9.53 Å². The number of morpholine rings is 1. The van der Waals surface area contributed by atoms with E-state index in [0.29, 0.717) is 32.0 Å². The van der Waals surface area contributed by atoms with Gasteiger partial charge in [-0.1, -0.05) is 0 Å². The maximum Gasteiger partial charge on any atom is 0.327 e. The second-order valence-corrected chi connectivity index (χ2v) is 5.68. The molecule has 2 saturated heterocycles. The van der Waals surface area contributed by atoms with Crippen LogP contribution < -0.4 is 0 Å². The number of carbonyl (C=O) groups is 2. The third-order valence-electron chi connectivity index (χ3n) is 3.17. The maximum atomic E-state index is 12.3. The van der Waals surface area contributed by atoms with Crippen molar-refractivity contribution in [3.8, 4) is 0 Å². The van der Waals surface area contributed by atoms with Gasteiger partial charge in [-0.15, -0.1) is 0 Å². The van der Waals surface area contributed by atoms with Crippen molar-refractivity contribution < 1.29 is 19.4 Å². The van der Waals surface area contributed by atoms with Crippen LogP contribution >= 0.6 is 11.8 Å². The number of carbonyl (C=O) groups excluding carboxylic acids is 1. The van der Waals surface area contributed by atoms with Gasteiger partial charge in [0, 0.05) is 31.1 Å². The van der Waals surface area contributed by atoms with E-state index in [-0.39, 0.29) is 12.1 Å². The molecule has 2 unspecified atom stereocenters. The van der Waals surface area contributed by atoms with Gasteiger partial charge in [-0.05, 0) is 6.92 Å². The molecule has 2 aliphatic heterocycles. The first-order chi connectivity index (χ1) is 8.59. The number of thioether (sulfide) groups is 1. The van der Waals surface area contributed by atoms with Gasteiger partial charge in [0.15, 0.2) is 0 Å². The summed E-state index contributed by atoms with van der Waals surface area (Å²) in [5.41, 5.74) is 0. The number of hydrogen-bond acceptors (Lipinski definition) is 4. The summed E-state index contributed by atoms with van der Waals surface area (Å²) >= 11 is 1.58. The van der Waals surface area contributed by atoms with Gasteiger partial charge >= 0.3 is 12.0 Å². The lowest BCUT2D eigenvalue weighted by atomic mass is 10.2. The molecule has 7 heteroatoms.